The molecular weight excluding hydrogens is 328 g/mol. The lowest BCUT2D eigenvalue weighted by atomic mass is 9.96. The van der Waals surface area contributed by atoms with Crippen LogP contribution in [-0.2, 0) is 20.0 Å². The van der Waals surface area contributed by atoms with E-state index >= 15 is 0 Å². The van der Waals surface area contributed by atoms with Crippen molar-refractivity contribution in [3.63, 3.8) is 0 Å². The second-order valence-corrected chi connectivity index (χ2v) is 6.50. The van der Waals surface area contributed by atoms with Crippen molar-refractivity contribution in [1.82, 2.24) is 14.8 Å². The quantitative estimate of drug-likeness (QED) is 0.784. The Morgan fingerprint density at radius 2 is 1.92 bits per heavy atom. The minimum absolute atomic E-state index is 0.398. The van der Waals surface area contributed by atoms with Gasteiger partial charge in [0.1, 0.15) is 0 Å². The van der Waals surface area contributed by atoms with Gasteiger partial charge in [0.2, 0.25) is 0 Å². The van der Waals surface area contributed by atoms with E-state index in [2.05, 4.69) is 15.1 Å². The predicted octanol–water partition coefficient (Wildman–Crippen LogP) is 3.13. The van der Waals surface area contributed by atoms with Gasteiger partial charge in [0.05, 0.1) is 12.1 Å². The van der Waals surface area contributed by atoms with Crippen LogP contribution in [0.4, 0.5) is 5.69 Å². The lowest BCUT2D eigenvalue weighted by Crippen LogP contribution is -2.31. The van der Waals surface area contributed by atoms with Gasteiger partial charge in [0, 0.05) is 24.8 Å². The van der Waals surface area contributed by atoms with Gasteiger partial charge in [-0.3, -0.25) is 0 Å². The molecule has 1 N–H and O–H groups in total. The monoisotopic (exact) mass is 348 g/mol. The standard InChI is InChI=1S/C20H20N4O2/c1-23-18(21-22-19(23)14-7-3-2-4-8-14)13-24-12-6-10-15-16(20(25)26)9-5-11-17(15)24/h2-5,7-9,11H,6,10,12-13H2,1H3,(H,25,26). The molecule has 1 aliphatic rings. The second kappa shape index (κ2) is 6.63. The molecule has 0 saturated carbocycles. The number of nitrogens with zero attached hydrogens (tertiary/aromatic N) is 4. The fourth-order valence-electron chi connectivity index (χ4n) is 3.57. The highest BCUT2D eigenvalue weighted by Crippen LogP contribution is 2.31. The highest BCUT2D eigenvalue weighted by atomic mass is 16.4. The first-order valence-corrected chi connectivity index (χ1v) is 8.69. The van der Waals surface area contributed by atoms with Crippen LogP contribution >= 0.6 is 0 Å². The van der Waals surface area contributed by atoms with Crippen molar-refractivity contribution in [3.05, 3.63) is 65.5 Å². The van der Waals surface area contributed by atoms with Crippen LogP contribution < -0.4 is 4.90 Å². The van der Waals surface area contributed by atoms with Crippen LogP contribution in [0.25, 0.3) is 11.4 Å². The summed E-state index contributed by atoms with van der Waals surface area (Å²) in [6.07, 6.45) is 1.73. The van der Waals surface area contributed by atoms with Gasteiger partial charge in [-0.15, -0.1) is 10.2 Å². The third-order valence-corrected chi connectivity index (χ3v) is 4.91. The molecule has 0 unspecified atom stereocenters. The van der Waals surface area contributed by atoms with E-state index in [1.54, 1.807) is 6.07 Å². The van der Waals surface area contributed by atoms with E-state index in [1.807, 2.05) is 54.1 Å². The van der Waals surface area contributed by atoms with Gasteiger partial charge in [-0.25, -0.2) is 4.79 Å². The first-order chi connectivity index (χ1) is 12.6. The molecule has 0 fully saturated rings. The first-order valence-electron chi connectivity index (χ1n) is 8.69. The van der Waals surface area contributed by atoms with E-state index in [0.717, 1.165) is 47.8 Å². The van der Waals surface area contributed by atoms with Crippen molar-refractivity contribution in [2.75, 3.05) is 11.4 Å². The maximum atomic E-state index is 11.5. The average molecular weight is 348 g/mol. The predicted molar refractivity (Wildman–Crippen MR) is 99.2 cm³/mol. The molecule has 3 aromatic rings. The molecule has 0 spiro atoms. The Morgan fingerprint density at radius 3 is 2.69 bits per heavy atom. The molecule has 6 heteroatoms. The van der Waals surface area contributed by atoms with Crippen molar-refractivity contribution in [2.24, 2.45) is 7.05 Å². The molecule has 0 atom stereocenters. The van der Waals surface area contributed by atoms with Crippen molar-refractivity contribution in [2.45, 2.75) is 19.4 Å². The zero-order valence-electron chi connectivity index (χ0n) is 14.6. The summed E-state index contributed by atoms with van der Waals surface area (Å²) in [6.45, 7) is 1.48. The number of carboxylic acids is 1. The van der Waals surface area contributed by atoms with Gasteiger partial charge in [-0.2, -0.15) is 0 Å². The van der Waals surface area contributed by atoms with Gasteiger partial charge < -0.3 is 14.6 Å². The number of rotatable bonds is 4. The summed E-state index contributed by atoms with van der Waals surface area (Å²) in [5.41, 5.74) is 3.33. The molecule has 6 nitrogen and oxygen atoms in total. The maximum absolute atomic E-state index is 11.5. The SMILES string of the molecule is Cn1c(CN2CCCc3c(C(=O)O)cccc32)nnc1-c1ccccc1. The fourth-order valence-corrected chi connectivity index (χ4v) is 3.57. The fraction of sp³-hybridized carbons (Fsp3) is 0.250. The van der Waals surface area contributed by atoms with Crippen molar-refractivity contribution in [3.8, 4) is 11.4 Å². The number of aromatic nitrogens is 3. The van der Waals surface area contributed by atoms with E-state index in [4.69, 9.17) is 0 Å². The molecule has 4 rings (SSSR count). The van der Waals surface area contributed by atoms with Gasteiger partial charge in [-0.1, -0.05) is 36.4 Å². The van der Waals surface area contributed by atoms with E-state index < -0.39 is 5.97 Å². The van der Waals surface area contributed by atoms with Crippen LogP contribution in [0.3, 0.4) is 0 Å². The third-order valence-electron chi connectivity index (χ3n) is 4.91. The summed E-state index contributed by atoms with van der Waals surface area (Å²) in [6, 6.07) is 15.5. The van der Waals surface area contributed by atoms with Gasteiger partial charge in [-0.05, 0) is 30.5 Å². The number of aromatic carboxylic acids is 1. The molecule has 2 aromatic carbocycles. The maximum Gasteiger partial charge on any atom is 0.336 e. The Kier molecular flexibility index (Phi) is 4.16. The second-order valence-electron chi connectivity index (χ2n) is 6.50. The highest BCUT2D eigenvalue weighted by molar-refractivity contribution is 5.91. The molecule has 1 aromatic heterocycles. The van der Waals surface area contributed by atoms with E-state index in [0.29, 0.717) is 12.1 Å². The third kappa shape index (κ3) is 2.83. The van der Waals surface area contributed by atoms with E-state index in [1.165, 1.54) is 0 Å². The molecule has 0 saturated heterocycles. The van der Waals surface area contributed by atoms with Gasteiger partial charge >= 0.3 is 5.97 Å². The minimum Gasteiger partial charge on any atom is -0.478 e. The molecule has 2 heterocycles. The van der Waals surface area contributed by atoms with Crippen molar-refractivity contribution < 1.29 is 9.90 Å². The Bertz CT molecular complexity index is 950. The highest BCUT2D eigenvalue weighted by Gasteiger charge is 2.23. The van der Waals surface area contributed by atoms with Crippen LogP contribution in [0.15, 0.2) is 48.5 Å². The molecule has 132 valence electrons. The van der Waals surface area contributed by atoms with E-state index in [9.17, 15) is 9.90 Å². The molecular formula is C20H20N4O2. The summed E-state index contributed by atoms with van der Waals surface area (Å²) in [5, 5.41) is 18.2. The molecule has 0 radical (unpaired) electrons. The van der Waals surface area contributed by atoms with E-state index in [-0.39, 0.29) is 0 Å². The number of fused-ring (bicyclic) bond motifs is 1. The number of carbonyl (C=O) groups is 1. The zero-order chi connectivity index (χ0) is 18.1. The average Bonchev–Trinajstić information content (AvgIpc) is 3.02. The largest absolute Gasteiger partial charge is 0.478 e. The summed E-state index contributed by atoms with van der Waals surface area (Å²) < 4.78 is 2.00. The van der Waals surface area contributed by atoms with Crippen LogP contribution in [0.5, 0.6) is 0 Å². The molecule has 0 bridgehead atoms. The number of benzene rings is 2. The summed E-state index contributed by atoms with van der Waals surface area (Å²) in [5.74, 6) is 0.822. The topological polar surface area (TPSA) is 71.2 Å². The lowest BCUT2D eigenvalue weighted by Gasteiger charge is -2.31. The van der Waals surface area contributed by atoms with Crippen molar-refractivity contribution >= 4 is 11.7 Å². The Morgan fingerprint density at radius 1 is 1.12 bits per heavy atom. The van der Waals surface area contributed by atoms with Gasteiger partial charge in [0.25, 0.3) is 0 Å². The number of hydrogen-bond acceptors (Lipinski definition) is 4. The minimum atomic E-state index is -0.867. The van der Waals surface area contributed by atoms with Crippen LogP contribution in [0.1, 0.15) is 28.2 Å². The number of anilines is 1. The normalized spacial score (nSPS) is 13.5. The smallest absolute Gasteiger partial charge is 0.336 e. The summed E-state index contributed by atoms with van der Waals surface area (Å²) in [4.78, 5) is 13.7. The van der Waals surface area contributed by atoms with Crippen molar-refractivity contribution in [1.29, 1.82) is 0 Å². The molecule has 26 heavy (non-hydrogen) atoms. The molecule has 1 aliphatic heterocycles. The zero-order valence-corrected chi connectivity index (χ0v) is 14.6. The van der Waals surface area contributed by atoms with Crippen LogP contribution in [0.2, 0.25) is 0 Å². The van der Waals surface area contributed by atoms with Crippen LogP contribution in [0, 0.1) is 0 Å². The Balaban J connectivity index is 1.65. The van der Waals surface area contributed by atoms with Gasteiger partial charge in [0.15, 0.2) is 11.6 Å². The number of carboxylic acid groups (broad SMARTS) is 1. The molecule has 0 amide bonds. The van der Waals surface area contributed by atoms with Crippen LogP contribution in [-0.4, -0.2) is 32.4 Å². The Hall–Kier alpha value is -3.15. The first kappa shape index (κ1) is 16.3. The molecule has 0 aliphatic carbocycles. The summed E-state index contributed by atoms with van der Waals surface area (Å²) in [7, 11) is 1.97. The lowest BCUT2D eigenvalue weighted by molar-refractivity contribution is 0.0695. The number of hydrogen-bond donors (Lipinski definition) is 1. The summed E-state index contributed by atoms with van der Waals surface area (Å²) >= 11 is 0. The Labute approximate surface area is 151 Å².